The fourth-order valence-electron chi connectivity index (χ4n) is 3.37. The standard InChI is InChI=1S/C19H22O/c1-14(13-20)12-19-17-8-4-2-6-15(17)10-11-16-7-3-5-9-18(16)19/h2-9,14,19-20H,10-13H2,1H3. The van der Waals surface area contributed by atoms with Crippen molar-refractivity contribution in [2.45, 2.75) is 32.1 Å². The van der Waals surface area contributed by atoms with Crippen LogP contribution in [0.3, 0.4) is 0 Å². The molecule has 2 aromatic carbocycles. The van der Waals surface area contributed by atoms with Crippen LogP contribution < -0.4 is 0 Å². The van der Waals surface area contributed by atoms with Gasteiger partial charge < -0.3 is 5.11 Å². The van der Waals surface area contributed by atoms with E-state index in [0.29, 0.717) is 11.8 Å². The van der Waals surface area contributed by atoms with Crippen molar-refractivity contribution in [1.29, 1.82) is 0 Å². The first-order valence-corrected chi connectivity index (χ1v) is 7.56. The largest absolute Gasteiger partial charge is 0.396 e. The SMILES string of the molecule is CC(CO)CC1c2ccccc2CCc2ccccc21. The minimum Gasteiger partial charge on any atom is -0.396 e. The van der Waals surface area contributed by atoms with Crippen molar-refractivity contribution >= 4 is 0 Å². The van der Waals surface area contributed by atoms with E-state index < -0.39 is 0 Å². The minimum atomic E-state index is 0.265. The number of hydrogen-bond acceptors (Lipinski definition) is 1. The van der Waals surface area contributed by atoms with Crippen molar-refractivity contribution in [3.05, 3.63) is 70.8 Å². The van der Waals surface area contributed by atoms with E-state index in [4.69, 9.17) is 0 Å². The Morgan fingerprint density at radius 2 is 1.45 bits per heavy atom. The van der Waals surface area contributed by atoms with Gasteiger partial charge in [-0.3, -0.25) is 0 Å². The fraction of sp³-hybridized carbons (Fsp3) is 0.368. The topological polar surface area (TPSA) is 20.2 Å². The molecule has 1 heteroatoms. The lowest BCUT2D eigenvalue weighted by molar-refractivity contribution is 0.226. The molecule has 20 heavy (non-hydrogen) atoms. The average molecular weight is 266 g/mol. The maximum Gasteiger partial charge on any atom is 0.0456 e. The molecule has 3 rings (SSSR count). The summed E-state index contributed by atoms with van der Waals surface area (Å²) in [5.41, 5.74) is 5.85. The molecule has 0 spiro atoms. The number of hydrogen-bond donors (Lipinski definition) is 1. The van der Waals surface area contributed by atoms with Gasteiger partial charge >= 0.3 is 0 Å². The van der Waals surface area contributed by atoms with E-state index in [1.54, 1.807) is 0 Å². The third kappa shape index (κ3) is 2.51. The number of aliphatic hydroxyl groups is 1. The molecule has 1 unspecified atom stereocenters. The van der Waals surface area contributed by atoms with Gasteiger partial charge in [0.15, 0.2) is 0 Å². The molecule has 0 saturated heterocycles. The Bertz CT molecular complexity index is 540. The molecule has 0 amide bonds. The summed E-state index contributed by atoms with van der Waals surface area (Å²) in [6.45, 7) is 2.40. The van der Waals surface area contributed by atoms with Crippen molar-refractivity contribution in [1.82, 2.24) is 0 Å². The molecule has 1 nitrogen and oxygen atoms in total. The van der Waals surface area contributed by atoms with Crippen molar-refractivity contribution in [2.75, 3.05) is 6.61 Å². The van der Waals surface area contributed by atoms with Gasteiger partial charge in [0.2, 0.25) is 0 Å². The van der Waals surface area contributed by atoms with E-state index >= 15 is 0 Å². The molecular weight excluding hydrogens is 244 g/mol. The van der Waals surface area contributed by atoms with E-state index in [1.807, 2.05) is 0 Å². The third-order valence-electron chi connectivity index (χ3n) is 4.47. The van der Waals surface area contributed by atoms with Crippen LogP contribution in [0, 0.1) is 5.92 Å². The zero-order valence-electron chi connectivity index (χ0n) is 12.0. The number of benzene rings is 2. The van der Waals surface area contributed by atoms with Crippen LogP contribution in [0.15, 0.2) is 48.5 Å². The van der Waals surface area contributed by atoms with E-state index in [2.05, 4.69) is 55.5 Å². The molecule has 0 radical (unpaired) electrons. The zero-order valence-corrected chi connectivity index (χ0v) is 12.0. The van der Waals surface area contributed by atoms with E-state index in [0.717, 1.165) is 19.3 Å². The quantitative estimate of drug-likeness (QED) is 0.892. The smallest absolute Gasteiger partial charge is 0.0456 e. The number of aliphatic hydroxyl groups excluding tert-OH is 1. The summed E-state index contributed by atoms with van der Waals surface area (Å²) >= 11 is 0. The predicted molar refractivity (Wildman–Crippen MR) is 83.0 cm³/mol. The van der Waals surface area contributed by atoms with Crippen LogP contribution in [0.5, 0.6) is 0 Å². The number of rotatable bonds is 3. The van der Waals surface area contributed by atoms with E-state index in [9.17, 15) is 5.11 Å². The molecule has 1 aliphatic carbocycles. The Kier molecular flexibility index (Phi) is 3.88. The minimum absolute atomic E-state index is 0.265. The Balaban J connectivity index is 2.09. The summed E-state index contributed by atoms with van der Waals surface area (Å²) < 4.78 is 0. The lowest BCUT2D eigenvalue weighted by atomic mass is 9.82. The highest BCUT2D eigenvalue weighted by atomic mass is 16.3. The van der Waals surface area contributed by atoms with Crippen LogP contribution >= 0.6 is 0 Å². The first-order chi connectivity index (χ1) is 9.79. The summed E-state index contributed by atoms with van der Waals surface area (Å²) in [5.74, 6) is 0.756. The van der Waals surface area contributed by atoms with Crippen molar-refractivity contribution < 1.29 is 5.11 Å². The molecule has 0 fully saturated rings. The molecule has 0 heterocycles. The number of fused-ring (bicyclic) bond motifs is 2. The number of aryl methyl sites for hydroxylation is 2. The highest BCUT2D eigenvalue weighted by Crippen LogP contribution is 2.38. The van der Waals surface area contributed by atoms with Gasteiger partial charge in [0.1, 0.15) is 0 Å². The van der Waals surface area contributed by atoms with Gasteiger partial charge in [-0.1, -0.05) is 55.5 Å². The van der Waals surface area contributed by atoms with Crippen molar-refractivity contribution in [3.8, 4) is 0 Å². The van der Waals surface area contributed by atoms with Gasteiger partial charge in [0, 0.05) is 12.5 Å². The third-order valence-corrected chi connectivity index (χ3v) is 4.47. The summed E-state index contributed by atoms with van der Waals surface area (Å²) in [5, 5.41) is 9.43. The van der Waals surface area contributed by atoms with Gasteiger partial charge in [-0.05, 0) is 47.4 Å². The van der Waals surface area contributed by atoms with Crippen LogP contribution in [0.4, 0.5) is 0 Å². The molecule has 1 aliphatic rings. The molecule has 0 aromatic heterocycles. The average Bonchev–Trinajstić information content (AvgIpc) is 2.65. The molecule has 0 bridgehead atoms. The predicted octanol–water partition coefficient (Wildman–Crippen LogP) is 3.94. The Hall–Kier alpha value is -1.60. The van der Waals surface area contributed by atoms with E-state index in [-0.39, 0.29) is 6.61 Å². The second-order valence-corrected chi connectivity index (χ2v) is 5.97. The summed E-state index contributed by atoms with van der Waals surface area (Å²) in [7, 11) is 0. The molecule has 104 valence electrons. The molecular formula is C19H22O. The van der Waals surface area contributed by atoms with Crippen LogP contribution in [-0.2, 0) is 12.8 Å². The zero-order chi connectivity index (χ0) is 13.9. The second kappa shape index (κ2) is 5.80. The van der Waals surface area contributed by atoms with Crippen LogP contribution in [0.1, 0.15) is 41.5 Å². The summed E-state index contributed by atoms with van der Waals surface area (Å²) in [6, 6.07) is 17.6. The Labute approximate surface area is 121 Å². The normalized spacial score (nSPS) is 16.1. The maximum atomic E-state index is 9.43. The van der Waals surface area contributed by atoms with Crippen molar-refractivity contribution in [3.63, 3.8) is 0 Å². The highest BCUT2D eigenvalue weighted by molar-refractivity contribution is 5.44. The fourth-order valence-corrected chi connectivity index (χ4v) is 3.37. The van der Waals surface area contributed by atoms with Gasteiger partial charge in [-0.25, -0.2) is 0 Å². The maximum absolute atomic E-state index is 9.43. The van der Waals surface area contributed by atoms with Crippen molar-refractivity contribution in [2.24, 2.45) is 5.92 Å². The van der Waals surface area contributed by atoms with Gasteiger partial charge in [0.25, 0.3) is 0 Å². The van der Waals surface area contributed by atoms with Crippen LogP contribution in [0.25, 0.3) is 0 Å². The van der Waals surface area contributed by atoms with Crippen LogP contribution in [-0.4, -0.2) is 11.7 Å². The summed E-state index contributed by atoms with van der Waals surface area (Å²) in [4.78, 5) is 0. The van der Waals surface area contributed by atoms with Gasteiger partial charge in [0.05, 0.1) is 0 Å². The van der Waals surface area contributed by atoms with Gasteiger partial charge in [-0.15, -0.1) is 0 Å². The molecule has 1 atom stereocenters. The lowest BCUT2D eigenvalue weighted by Crippen LogP contribution is -2.11. The monoisotopic (exact) mass is 266 g/mol. The highest BCUT2D eigenvalue weighted by Gasteiger charge is 2.24. The second-order valence-electron chi connectivity index (χ2n) is 5.97. The Morgan fingerprint density at radius 1 is 0.950 bits per heavy atom. The molecule has 0 saturated carbocycles. The van der Waals surface area contributed by atoms with Gasteiger partial charge in [-0.2, -0.15) is 0 Å². The summed E-state index contributed by atoms with van der Waals surface area (Å²) in [6.07, 6.45) is 3.26. The lowest BCUT2D eigenvalue weighted by Gasteiger charge is -2.23. The first-order valence-electron chi connectivity index (χ1n) is 7.56. The first kappa shape index (κ1) is 13.4. The molecule has 0 aliphatic heterocycles. The molecule has 2 aromatic rings. The Morgan fingerprint density at radius 3 is 1.95 bits per heavy atom. The van der Waals surface area contributed by atoms with E-state index in [1.165, 1.54) is 22.3 Å². The molecule has 1 N–H and O–H groups in total. The van der Waals surface area contributed by atoms with Crippen LogP contribution in [0.2, 0.25) is 0 Å².